The number of aryl methyl sites for hydroxylation is 2. The summed E-state index contributed by atoms with van der Waals surface area (Å²) in [6.45, 7) is 4.75. The molecule has 0 spiro atoms. The standard InChI is InChI=1S/C14H19FN4/c1-4-16-13(8-14-17-9-18-19(14)3)11-7-10(2)5-6-12(11)15/h5-7,9,13,16H,4,8H2,1-3H3. The van der Waals surface area contributed by atoms with Crippen molar-refractivity contribution in [3.8, 4) is 0 Å². The van der Waals surface area contributed by atoms with Gasteiger partial charge in [0.15, 0.2) is 0 Å². The molecule has 0 amide bonds. The number of hydrogen-bond acceptors (Lipinski definition) is 3. The summed E-state index contributed by atoms with van der Waals surface area (Å²) in [7, 11) is 1.85. The molecule has 0 fully saturated rings. The van der Waals surface area contributed by atoms with Gasteiger partial charge in [0, 0.05) is 25.1 Å². The fraction of sp³-hybridized carbons (Fsp3) is 0.429. The van der Waals surface area contributed by atoms with E-state index in [0.29, 0.717) is 12.0 Å². The Balaban J connectivity index is 2.29. The molecule has 2 rings (SSSR count). The van der Waals surface area contributed by atoms with Crippen molar-refractivity contribution < 1.29 is 4.39 Å². The lowest BCUT2D eigenvalue weighted by molar-refractivity contribution is 0.492. The highest BCUT2D eigenvalue weighted by molar-refractivity contribution is 5.27. The number of halogens is 1. The van der Waals surface area contributed by atoms with Crippen LogP contribution in [0.15, 0.2) is 24.5 Å². The lowest BCUT2D eigenvalue weighted by Gasteiger charge is -2.19. The van der Waals surface area contributed by atoms with E-state index in [1.165, 1.54) is 12.4 Å². The summed E-state index contributed by atoms with van der Waals surface area (Å²) in [5.74, 6) is 0.658. The quantitative estimate of drug-likeness (QED) is 0.898. The van der Waals surface area contributed by atoms with E-state index in [1.54, 1.807) is 10.7 Å². The van der Waals surface area contributed by atoms with Crippen molar-refractivity contribution >= 4 is 0 Å². The minimum atomic E-state index is -0.182. The first-order valence-electron chi connectivity index (χ1n) is 6.44. The van der Waals surface area contributed by atoms with Gasteiger partial charge in [0.25, 0.3) is 0 Å². The van der Waals surface area contributed by atoms with Gasteiger partial charge in [-0.3, -0.25) is 4.68 Å². The van der Waals surface area contributed by atoms with E-state index in [1.807, 2.05) is 27.0 Å². The van der Waals surface area contributed by atoms with Crippen molar-refractivity contribution in [2.45, 2.75) is 26.3 Å². The predicted molar refractivity (Wildman–Crippen MR) is 72.3 cm³/mol. The summed E-state index contributed by atoms with van der Waals surface area (Å²) >= 11 is 0. The summed E-state index contributed by atoms with van der Waals surface area (Å²) in [6, 6.07) is 5.10. The summed E-state index contributed by atoms with van der Waals surface area (Å²) in [5, 5.41) is 7.36. The highest BCUT2D eigenvalue weighted by Gasteiger charge is 2.17. The Labute approximate surface area is 112 Å². The van der Waals surface area contributed by atoms with Crippen molar-refractivity contribution in [3.63, 3.8) is 0 Å². The number of likely N-dealkylation sites (N-methyl/N-ethyl adjacent to an activating group) is 1. The molecule has 19 heavy (non-hydrogen) atoms. The van der Waals surface area contributed by atoms with Crippen LogP contribution < -0.4 is 5.32 Å². The minimum Gasteiger partial charge on any atom is -0.310 e. The maximum Gasteiger partial charge on any atom is 0.138 e. The Morgan fingerprint density at radius 2 is 2.21 bits per heavy atom. The smallest absolute Gasteiger partial charge is 0.138 e. The van der Waals surface area contributed by atoms with Gasteiger partial charge in [-0.2, -0.15) is 5.10 Å². The molecule has 1 atom stereocenters. The third kappa shape index (κ3) is 3.17. The third-order valence-electron chi connectivity index (χ3n) is 3.17. The maximum atomic E-state index is 14.0. The van der Waals surface area contributed by atoms with Crippen molar-refractivity contribution in [3.05, 3.63) is 47.3 Å². The molecule has 1 heterocycles. The van der Waals surface area contributed by atoms with Crippen LogP contribution in [0.1, 0.15) is 29.9 Å². The normalized spacial score (nSPS) is 12.6. The molecule has 4 nitrogen and oxygen atoms in total. The molecule has 0 aliphatic carbocycles. The van der Waals surface area contributed by atoms with Crippen molar-refractivity contribution in [1.82, 2.24) is 20.1 Å². The molecule has 1 aromatic heterocycles. The second-order valence-corrected chi connectivity index (χ2v) is 4.64. The van der Waals surface area contributed by atoms with E-state index in [9.17, 15) is 4.39 Å². The molecular weight excluding hydrogens is 243 g/mol. The molecule has 2 aromatic rings. The van der Waals surface area contributed by atoms with Gasteiger partial charge in [-0.25, -0.2) is 9.37 Å². The fourth-order valence-corrected chi connectivity index (χ4v) is 2.16. The summed E-state index contributed by atoms with van der Waals surface area (Å²) in [4.78, 5) is 4.20. The molecule has 0 radical (unpaired) electrons. The van der Waals surface area contributed by atoms with E-state index in [2.05, 4.69) is 15.4 Å². The Kier molecular flexibility index (Phi) is 4.27. The molecule has 5 heteroatoms. The van der Waals surface area contributed by atoms with Crippen LogP contribution in [0, 0.1) is 12.7 Å². The van der Waals surface area contributed by atoms with E-state index < -0.39 is 0 Å². The van der Waals surface area contributed by atoms with Gasteiger partial charge in [0.1, 0.15) is 18.0 Å². The number of hydrogen-bond donors (Lipinski definition) is 1. The lowest BCUT2D eigenvalue weighted by atomic mass is 10.0. The van der Waals surface area contributed by atoms with E-state index in [0.717, 1.165) is 17.9 Å². The fourth-order valence-electron chi connectivity index (χ4n) is 2.16. The molecule has 1 N–H and O–H groups in total. The second kappa shape index (κ2) is 5.93. The van der Waals surface area contributed by atoms with Crippen LogP contribution in [-0.4, -0.2) is 21.3 Å². The molecule has 0 saturated heterocycles. The zero-order valence-electron chi connectivity index (χ0n) is 11.5. The van der Waals surface area contributed by atoms with Crippen molar-refractivity contribution in [2.75, 3.05) is 6.54 Å². The number of rotatable bonds is 5. The van der Waals surface area contributed by atoms with Gasteiger partial charge in [-0.05, 0) is 19.5 Å². The predicted octanol–water partition coefficient (Wildman–Crippen LogP) is 2.16. The first-order chi connectivity index (χ1) is 9.11. The van der Waals surface area contributed by atoms with Crippen LogP contribution in [0.2, 0.25) is 0 Å². The molecule has 102 valence electrons. The van der Waals surface area contributed by atoms with Crippen LogP contribution in [0.25, 0.3) is 0 Å². The largest absolute Gasteiger partial charge is 0.310 e. The highest BCUT2D eigenvalue weighted by atomic mass is 19.1. The van der Waals surface area contributed by atoms with Gasteiger partial charge in [-0.1, -0.05) is 24.6 Å². The second-order valence-electron chi connectivity index (χ2n) is 4.64. The third-order valence-corrected chi connectivity index (χ3v) is 3.17. The van der Waals surface area contributed by atoms with E-state index in [-0.39, 0.29) is 11.9 Å². The van der Waals surface area contributed by atoms with Gasteiger partial charge in [0.2, 0.25) is 0 Å². The average Bonchev–Trinajstić information content (AvgIpc) is 2.78. The van der Waals surface area contributed by atoms with Crippen molar-refractivity contribution in [1.29, 1.82) is 0 Å². The van der Waals surface area contributed by atoms with Gasteiger partial charge >= 0.3 is 0 Å². The highest BCUT2D eigenvalue weighted by Crippen LogP contribution is 2.21. The molecule has 0 saturated carbocycles. The van der Waals surface area contributed by atoms with Crippen LogP contribution in [0.3, 0.4) is 0 Å². The molecule has 0 bridgehead atoms. The molecule has 0 aliphatic heterocycles. The first-order valence-corrected chi connectivity index (χ1v) is 6.44. The number of nitrogens with one attached hydrogen (secondary N) is 1. The van der Waals surface area contributed by atoms with Crippen LogP contribution in [0.5, 0.6) is 0 Å². The van der Waals surface area contributed by atoms with Crippen LogP contribution in [0.4, 0.5) is 4.39 Å². The Bertz CT molecular complexity index is 550. The Morgan fingerprint density at radius 1 is 1.42 bits per heavy atom. The van der Waals surface area contributed by atoms with Crippen LogP contribution in [-0.2, 0) is 13.5 Å². The van der Waals surface area contributed by atoms with Crippen LogP contribution >= 0.6 is 0 Å². The van der Waals surface area contributed by atoms with Crippen molar-refractivity contribution in [2.24, 2.45) is 7.05 Å². The van der Waals surface area contributed by atoms with Gasteiger partial charge < -0.3 is 5.32 Å². The monoisotopic (exact) mass is 262 g/mol. The first kappa shape index (κ1) is 13.7. The van der Waals surface area contributed by atoms with E-state index in [4.69, 9.17) is 0 Å². The molecule has 1 aromatic carbocycles. The number of aromatic nitrogens is 3. The summed E-state index contributed by atoms with van der Waals surface area (Å²) in [6.07, 6.45) is 2.13. The average molecular weight is 262 g/mol. The number of nitrogens with zero attached hydrogens (tertiary/aromatic N) is 3. The minimum absolute atomic E-state index is 0.0900. The Hall–Kier alpha value is -1.75. The zero-order chi connectivity index (χ0) is 13.8. The summed E-state index contributed by atoms with van der Waals surface area (Å²) in [5.41, 5.74) is 1.74. The zero-order valence-corrected chi connectivity index (χ0v) is 11.5. The SMILES string of the molecule is CCNC(Cc1ncnn1C)c1cc(C)ccc1F. The molecule has 0 aliphatic rings. The molecule has 1 unspecified atom stereocenters. The lowest BCUT2D eigenvalue weighted by Crippen LogP contribution is -2.25. The summed E-state index contributed by atoms with van der Waals surface area (Å²) < 4.78 is 15.7. The topological polar surface area (TPSA) is 42.7 Å². The Morgan fingerprint density at radius 3 is 2.84 bits per heavy atom. The van der Waals surface area contributed by atoms with E-state index >= 15 is 0 Å². The maximum absolute atomic E-state index is 14.0. The molecular formula is C14H19FN4. The van der Waals surface area contributed by atoms with Gasteiger partial charge in [0.05, 0.1) is 0 Å². The number of benzene rings is 1. The van der Waals surface area contributed by atoms with Gasteiger partial charge in [-0.15, -0.1) is 0 Å².